The highest BCUT2D eigenvalue weighted by Gasteiger charge is 2.21. The highest BCUT2D eigenvalue weighted by molar-refractivity contribution is 9.10. The molecule has 13 heavy (non-hydrogen) atoms. The van der Waals surface area contributed by atoms with E-state index < -0.39 is 0 Å². The molecule has 1 aliphatic rings. The lowest BCUT2D eigenvalue weighted by Crippen LogP contribution is -2.18. The Morgan fingerprint density at radius 2 is 2.31 bits per heavy atom. The second kappa shape index (κ2) is 3.50. The number of rotatable bonds is 1. The van der Waals surface area contributed by atoms with Crippen LogP contribution in [0.5, 0.6) is 0 Å². The molecule has 68 valence electrons. The second-order valence-corrected chi connectivity index (χ2v) is 4.13. The summed E-state index contributed by atoms with van der Waals surface area (Å²) in [6.45, 7) is 0. The number of nitrogens with one attached hydrogen (secondary N) is 1. The van der Waals surface area contributed by atoms with Crippen LogP contribution in [0, 0.1) is 0 Å². The lowest BCUT2D eigenvalue weighted by molar-refractivity contribution is -0.119. The van der Waals surface area contributed by atoms with Crippen molar-refractivity contribution in [1.82, 2.24) is 5.32 Å². The van der Waals surface area contributed by atoms with Crippen molar-refractivity contribution in [2.45, 2.75) is 18.9 Å². The minimum atomic E-state index is 0.157. The Kier molecular flexibility index (Phi) is 2.36. The van der Waals surface area contributed by atoms with Crippen LogP contribution in [0.2, 0.25) is 0 Å². The Morgan fingerprint density at radius 1 is 1.46 bits per heavy atom. The van der Waals surface area contributed by atoms with Gasteiger partial charge in [-0.25, -0.2) is 0 Å². The van der Waals surface area contributed by atoms with Crippen LogP contribution in [-0.2, 0) is 4.79 Å². The third kappa shape index (κ3) is 1.91. The predicted octanol–water partition coefficient (Wildman–Crippen LogP) is 2.40. The van der Waals surface area contributed by atoms with Crippen LogP contribution in [-0.4, -0.2) is 5.91 Å². The summed E-state index contributed by atoms with van der Waals surface area (Å²) in [7, 11) is 0. The maximum Gasteiger partial charge on any atom is 0.220 e. The highest BCUT2D eigenvalue weighted by atomic mass is 79.9. The summed E-state index contributed by atoms with van der Waals surface area (Å²) in [5.74, 6) is 0.157. The Bertz CT molecular complexity index is 337. The molecule has 0 bridgehead atoms. The van der Waals surface area contributed by atoms with Gasteiger partial charge in [0.25, 0.3) is 0 Å². The van der Waals surface area contributed by atoms with Crippen LogP contribution < -0.4 is 5.32 Å². The SMILES string of the molecule is O=C1CCC(c2cccc(Br)c2)N1. The first-order chi connectivity index (χ1) is 6.25. The number of hydrogen-bond acceptors (Lipinski definition) is 1. The van der Waals surface area contributed by atoms with E-state index in [9.17, 15) is 4.79 Å². The van der Waals surface area contributed by atoms with E-state index in [0.29, 0.717) is 6.42 Å². The van der Waals surface area contributed by atoms with Crippen molar-refractivity contribution >= 4 is 21.8 Å². The van der Waals surface area contributed by atoms with Crippen molar-refractivity contribution in [2.75, 3.05) is 0 Å². The Balaban J connectivity index is 2.21. The number of carbonyl (C=O) groups is 1. The van der Waals surface area contributed by atoms with Crippen LogP contribution in [0.4, 0.5) is 0 Å². The zero-order valence-corrected chi connectivity index (χ0v) is 8.67. The minimum absolute atomic E-state index is 0.157. The van der Waals surface area contributed by atoms with Crippen molar-refractivity contribution in [3.63, 3.8) is 0 Å². The molecule has 1 amide bonds. The summed E-state index contributed by atoms with van der Waals surface area (Å²) in [5.41, 5.74) is 1.18. The van der Waals surface area contributed by atoms with Crippen LogP contribution >= 0.6 is 15.9 Å². The van der Waals surface area contributed by atoms with Crippen LogP contribution in [0.15, 0.2) is 28.7 Å². The molecule has 1 fully saturated rings. The molecule has 0 aromatic heterocycles. The van der Waals surface area contributed by atoms with Gasteiger partial charge in [0.2, 0.25) is 5.91 Å². The topological polar surface area (TPSA) is 29.1 Å². The van der Waals surface area contributed by atoms with E-state index in [1.165, 1.54) is 5.56 Å². The summed E-state index contributed by atoms with van der Waals surface area (Å²) in [5, 5.41) is 2.94. The molecular formula is C10H10BrNO. The van der Waals surface area contributed by atoms with Crippen molar-refractivity contribution < 1.29 is 4.79 Å². The van der Waals surface area contributed by atoms with Gasteiger partial charge in [-0.1, -0.05) is 28.1 Å². The minimum Gasteiger partial charge on any atom is -0.349 e. The molecule has 0 spiro atoms. The number of hydrogen-bond donors (Lipinski definition) is 1. The van der Waals surface area contributed by atoms with Gasteiger partial charge in [0.1, 0.15) is 0 Å². The van der Waals surface area contributed by atoms with Gasteiger partial charge >= 0.3 is 0 Å². The van der Waals surface area contributed by atoms with E-state index in [4.69, 9.17) is 0 Å². The zero-order chi connectivity index (χ0) is 9.26. The summed E-state index contributed by atoms with van der Waals surface area (Å²) < 4.78 is 1.06. The Morgan fingerprint density at radius 3 is 2.92 bits per heavy atom. The average molecular weight is 240 g/mol. The van der Waals surface area contributed by atoms with E-state index in [2.05, 4.69) is 27.3 Å². The third-order valence-corrected chi connectivity index (χ3v) is 2.74. The smallest absolute Gasteiger partial charge is 0.220 e. The van der Waals surface area contributed by atoms with Crippen LogP contribution in [0.25, 0.3) is 0 Å². The molecule has 2 rings (SSSR count). The Hall–Kier alpha value is -0.830. The lowest BCUT2D eigenvalue weighted by Gasteiger charge is -2.09. The molecule has 1 N–H and O–H groups in total. The molecule has 0 radical (unpaired) electrons. The molecule has 1 unspecified atom stereocenters. The molecule has 1 atom stereocenters. The quantitative estimate of drug-likeness (QED) is 0.802. The maximum atomic E-state index is 11.0. The average Bonchev–Trinajstić information content (AvgIpc) is 2.52. The predicted molar refractivity (Wildman–Crippen MR) is 54.3 cm³/mol. The van der Waals surface area contributed by atoms with E-state index in [1.807, 2.05) is 18.2 Å². The van der Waals surface area contributed by atoms with Crippen LogP contribution in [0.3, 0.4) is 0 Å². The van der Waals surface area contributed by atoms with E-state index in [0.717, 1.165) is 10.9 Å². The van der Waals surface area contributed by atoms with Gasteiger partial charge in [-0.3, -0.25) is 4.79 Å². The lowest BCUT2D eigenvalue weighted by atomic mass is 10.1. The largest absolute Gasteiger partial charge is 0.349 e. The molecule has 0 saturated carbocycles. The van der Waals surface area contributed by atoms with Gasteiger partial charge in [-0.15, -0.1) is 0 Å². The second-order valence-electron chi connectivity index (χ2n) is 3.21. The summed E-state index contributed by atoms with van der Waals surface area (Å²) >= 11 is 3.41. The molecular weight excluding hydrogens is 230 g/mol. The summed E-state index contributed by atoms with van der Waals surface area (Å²) in [4.78, 5) is 11.0. The normalized spacial score (nSPS) is 21.6. The van der Waals surface area contributed by atoms with Crippen molar-refractivity contribution in [1.29, 1.82) is 0 Å². The van der Waals surface area contributed by atoms with Gasteiger partial charge in [-0.05, 0) is 24.1 Å². The molecule has 0 aliphatic carbocycles. The molecule has 1 aliphatic heterocycles. The third-order valence-electron chi connectivity index (χ3n) is 2.25. The first kappa shape index (κ1) is 8.75. The van der Waals surface area contributed by atoms with E-state index in [1.54, 1.807) is 0 Å². The monoisotopic (exact) mass is 239 g/mol. The molecule has 3 heteroatoms. The summed E-state index contributed by atoms with van der Waals surface area (Å²) in [6.07, 6.45) is 1.56. The number of benzene rings is 1. The van der Waals surface area contributed by atoms with Crippen molar-refractivity contribution in [2.24, 2.45) is 0 Å². The number of carbonyl (C=O) groups excluding carboxylic acids is 1. The first-order valence-corrected chi connectivity index (χ1v) is 5.10. The standard InChI is InChI=1S/C10H10BrNO/c11-8-3-1-2-7(6-8)9-4-5-10(13)12-9/h1-3,6,9H,4-5H2,(H,12,13). The van der Waals surface area contributed by atoms with Gasteiger partial charge < -0.3 is 5.32 Å². The Labute approximate surface area is 85.5 Å². The fourth-order valence-electron chi connectivity index (χ4n) is 1.59. The molecule has 1 saturated heterocycles. The molecule has 2 nitrogen and oxygen atoms in total. The molecule has 1 aromatic carbocycles. The van der Waals surface area contributed by atoms with Crippen molar-refractivity contribution in [3.05, 3.63) is 34.3 Å². The number of halogens is 1. The summed E-state index contributed by atoms with van der Waals surface area (Å²) in [6, 6.07) is 8.28. The van der Waals surface area contributed by atoms with Crippen LogP contribution in [0.1, 0.15) is 24.4 Å². The van der Waals surface area contributed by atoms with Crippen molar-refractivity contribution in [3.8, 4) is 0 Å². The zero-order valence-electron chi connectivity index (χ0n) is 7.09. The highest BCUT2D eigenvalue weighted by Crippen LogP contribution is 2.25. The van der Waals surface area contributed by atoms with E-state index in [-0.39, 0.29) is 11.9 Å². The fourth-order valence-corrected chi connectivity index (χ4v) is 2.00. The maximum absolute atomic E-state index is 11.0. The van der Waals surface area contributed by atoms with E-state index >= 15 is 0 Å². The first-order valence-electron chi connectivity index (χ1n) is 4.30. The van der Waals surface area contributed by atoms with Gasteiger partial charge in [-0.2, -0.15) is 0 Å². The van der Waals surface area contributed by atoms with Gasteiger partial charge in [0.05, 0.1) is 6.04 Å². The fraction of sp³-hybridized carbons (Fsp3) is 0.300. The van der Waals surface area contributed by atoms with Gasteiger partial charge in [0.15, 0.2) is 0 Å². The number of amides is 1. The molecule has 1 aromatic rings. The van der Waals surface area contributed by atoms with Gasteiger partial charge in [0, 0.05) is 10.9 Å². The molecule has 1 heterocycles.